The summed E-state index contributed by atoms with van der Waals surface area (Å²) in [5.41, 5.74) is 2.94. The number of H-pyrrole nitrogens is 1. The van der Waals surface area contributed by atoms with Crippen LogP contribution in [0, 0.1) is 11.7 Å². The highest BCUT2D eigenvalue weighted by molar-refractivity contribution is 7.71. The number of ether oxygens (including phenoxy) is 2. The van der Waals surface area contributed by atoms with Crippen molar-refractivity contribution in [2.45, 2.75) is 6.92 Å². The molecule has 25 heavy (non-hydrogen) atoms. The molecule has 1 heterocycles. The Hall–Kier alpha value is -2.93. The number of benzene rings is 2. The van der Waals surface area contributed by atoms with Gasteiger partial charge in [-0.2, -0.15) is 14.9 Å². The molecule has 3 aromatic rings. The average Bonchev–Trinajstić information content (AvgIpc) is 3.00. The van der Waals surface area contributed by atoms with Gasteiger partial charge in [0.1, 0.15) is 0 Å². The first-order chi connectivity index (χ1) is 12.1. The van der Waals surface area contributed by atoms with Gasteiger partial charge in [-0.15, -0.1) is 0 Å². The lowest BCUT2D eigenvalue weighted by Gasteiger charge is -2.07. The van der Waals surface area contributed by atoms with Gasteiger partial charge in [0.25, 0.3) is 0 Å². The van der Waals surface area contributed by atoms with E-state index in [1.54, 1.807) is 25.1 Å². The number of rotatable bonds is 5. The van der Waals surface area contributed by atoms with E-state index in [0.717, 1.165) is 16.7 Å². The van der Waals surface area contributed by atoms with E-state index in [4.69, 9.17) is 21.7 Å². The Morgan fingerprint density at radius 3 is 2.64 bits per heavy atom. The first-order valence-electron chi connectivity index (χ1n) is 7.63. The molecule has 0 saturated carbocycles. The number of aromatic amines is 1. The highest BCUT2D eigenvalue weighted by atomic mass is 32.1. The average molecular weight is 354 g/mol. The van der Waals surface area contributed by atoms with E-state index in [2.05, 4.69) is 15.3 Å². The first-order valence-corrected chi connectivity index (χ1v) is 8.04. The molecule has 0 aliphatic rings. The summed E-state index contributed by atoms with van der Waals surface area (Å²) in [5.74, 6) is 1.96. The van der Waals surface area contributed by atoms with Crippen LogP contribution in [-0.2, 0) is 0 Å². The molecule has 0 aliphatic heterocycles. The smallest absolute Gasteiger partial charge is 0.216 e. The van der Waals surface area contributed by atoms with E-state index in [1.165, 1.54) is 0 Å². The fraction of sp³-hybridized carbons (Fsp3) is 0.167. The van der Waals surface area contributed by atoms with Gasteiger partial charge in [0.05, 0.1) is 20.4 Å². The molecule has 0 bridgehead atoms. The van der Waals surface area contributed by atoms with Gasteiger partial charge in [0, 0.05) is 5.56 Å². The van der Waals surface area contributed by atoms with Gasteiger partial charge in [-0.3, -0.25) is 0 Å². The van der Waals surface area contributed by atoms with Crippen molar-refractivity contribution in [3.05, 3.63) is 58.4 Å². The Kier molecular flexibility index (Phi) is 4.95. The predicted octanol–water partition coefficient (Wildman–Crippen LogP) is 3.82. The van der Waals surface area contributed by atoms with E-state index >= 15 is 0 Å². The van der Waals surface area contributed by atoms with Crippen LogP contribution in [0.25, 0.3) is 11.4 Å². The lowest BCUT2D eigenvalue weighted by Crippen LogP contribution is -1.96. The van der Waals surface area contributed by atoms with Crippen LogP contribution in [0.15, 0.2) is 47.6 Å². The Morgan fingerprint density at radius 1 is 1.12 bits per heavy atom. The zero-order valence-corrected chi connectivity index (χ0v) is 15.0. The van der Waals surface area contributed by atoms with Gasteiger partial charge in [-0.05, 0) is 49.0 Å². The molecule has 0 spiro atoms. The molecule has 0 unspecified atom stereocenters. The second kappa shape index (κ2) is 7.31. The normalized spacial score (nSPS) is 11.0. The van der Waals surface area contributed by atoms with E-state index in [-0.39, 0.29) is 0 Å². The van der Waals surface area contributed by atoms with Crippen LogP contribution >= 0.6 is 12.2 Å². The molecule has 2 aromatic carbocycles. The third-order valence-electron chi connectivity index (χ3n) is 3.66. The highest BCUT2D eigenvalue weighted by Crippen LogP contribution is 2.27. The molecule has 1 aromatic heterocycles. The number of aromatic nitrogens is 3. The molecule has 0 radical (unpaired) electrons. The Balaban J connectivity index is 1.97. The number of hydrogen-bond acceptors (Lipinski definition) is 5. The molecule has 0 atom stereocenters. The lowest BCUT2D eigenvalue weighted by molar-refractivity contribution is 0.355. The van der Waals surface area contributed by atoms with Crippen LogP contribution < -0.4 is 9.47 Å². The third kappa shape index (κ3) is 3.61. The Labute approximate surface area is 150 Å². The predicted molar refractivity (Wildman–Crippen MR) is 100 cm³/mol. The maximum atomic E-state index is 5.31. The van der Waals surface area contributed by atoms with Crippen molar-refractivity contribution in [3.8, 4) is 22.9 Å². The van der Waals surface area contributed by atoms with Gasteiger partial charge in [-0.1, -0.05) is 23.8 Å². The minimum absolute atomic E-state index is 0.424. The lowest BCUT2D eigenvalue weighted by atomic mass is 10.1. The fourth-order valence-corrected chi connectivity index (χ4v) is 2.61. The maximum Gasteiger partial charge on any atom is 0.216 e. The van der Waals surface area contributed by atoms with Crippen molar-refractivity contribution in [2.24, 2.45) is 5.10 Å². The molecule has 3 rings (SSSR count). The molecular weight excluding hydrogens is 336 g/mol. The van der Waals surface area contributed by atoms with Crippen molar-refractivity contribution >= 4 is 18.4 Å². The second-order valence-corrected chi connectivity index (χ2v) is 5.78. The summed E-state index contributed by atoms with van der Waals surface area (Å²) in [6, 6.07) is 13.6. The molecule has 128 valence electrons. The molecule has 6 nitrogen and oxygen atoms in total. The van der Waals surface area contributed by atoms with Crippen molar-refractivity contribution < 1.29 is 9.47 Å². The quantitative estimate of drug-likeness (QED) is 0.559. The zero-order valence-electron chi connectivity index (χ0n) is 14.2. The number of methoxy groups -OCH3 is 2. The summed E-state index contributed by atoms with van der Waals surface area (Å²) in [6.07, 6.45) is 1.70. The minimum atomic E-state index is 0.424. The van der Waals surface area contributed by atoms with E-state index in [1.807, 2.05) is 49.4 Å². The second-order valence-electron chi connectivity index (χ2n) is 5.39. The molecule has 0 aliphatic carbocycles. The molecule has 0 fully saturated rings. The molecular formula is C18H18N4O2S. The van der Waals surface area contributed by atoms with Crippen molar-refractivity contribution in [3.63, 3.8) is 0 Å². The van der Waals surface area contributed by atoms with Crippen molar-refractivity contribution in [1.82, 2.24) is 14.9 Å². The van der Waals surface area contributed by atoms with Gasteiger partial charge < -0.3 is 9.47 Å². The van der Waals surface area contributed by atoms with Gasteiger partial charge in [0.15, 0.2) is 17.3 Å². The molecule has 0 amide bonds. The SMILES string of the molecule is COc1ccc(C=Nn2c(-c3cccc(C)c3)n[nH]c2=S)cc1OC. The maximum absolute atomic E-state index is 5.31. The van der Waals surface area contributed by atoms with Crippen LogP contribution in [0.2, 0.25) is 0 Å². The minimum Gasteiger partial charge on any atom is -0.493 e. The fourth-order valence-electron chi connectivity index (χ4n) is 2.43. The highest BCUT2D eigenvalue weighted by Gasteiger charge is 2.08. The summed E-state index contributed by atoms with van der Waals surface area (Å²) in [7, 11) is 3.20. The van der Waals surface area contributed by atoms with E-state index in [0.29, 0.717) is 22.1 Å². The summed E-state index contributed by atoms with van der Waals surface area (Å²) in [6.45, 7) is 2.03. The van der Waals surface area contributed by atoms with Crippen molar-refractivity contribution in [1.29, 1.82) is 0 Å². The third-order valence-corrected chi connectivity index (χ3v) is 3.92. The molecule has 7 heteroatoms. The van der Waals surface area contributed by atoms with Gasteiger partial charge in [0.2, 0.25) is 4.77 Å². The topological polar surface area (TPSA) is 64.4 Å². The number of nitrogens with zero attached hydrogens (tertiary/aromatic N) is 3. The number of nitrogens with one attached hydrogen (secondary N) is 1. The first kappa shape index (κ1) is 16.9. The number of aryl methyl sites for hydroxylation is 1. The largest absolute Gasteiger partial charge is 0.493 e. The van der Waals surface area contributed by atoms with Crippen molar-refractivity contribution in [2.75, 3.05) is 14.2 Å². The summed E-state index contributed by atoms with van der Waals surface area (Å²) >= 11 is 5.30. The van der Waals surface area contributed by atoms with Gasteiger partial charge >= 0.3 is 0 Å². The van der Waals surface area contributed by atoms with Crippen LogP contribution in [-0.4, -0.2) is 35.3 Å². The Bertz CT molecular complexity index is 975. The van der Waals surface area contributed by atoms with Crippen LogP contribution in [0.3, 0.4) is 0 Å². The van der Waals surface area contributed by atoms with Crippen LogP contribution in [0.4, 0.5) is 0 Å². The number of hydrogen-bond donors (Lipinski definition) is 1. The van der Waals surface area contributed by atoms with E-state index < -0.39 is 0 Å². The zero-order chi connectivity index (χ0) is 17.8. The van der Waals surface area contributed by atoms with E-state index in [9.17, 15) is 0 Å². The summed E-state index contributed by atoms with van der Waals surface area (Å²) in [5, 5.41) is 11.5. The summed E-state index contributed by atoms with van der Waals surface area (Å²) in [4.78, 5) is 0. The van der Waals surface area contributed by atoms with Crippen LogP contribution in [0.1, 0.15) is 11.1 Å². The van der Waals surface area contributed by atoms with Crippen LogP contribution in [0.5, 0.6) is 11.5 Å². The summed E-state index contributed by atoms with van der Waals surface area (Å²) < 4.78 is 12.6. The Morgan fingerprint density at radius 2 is 1.92 bits per heavy atom. The monoisotopic (exact) mass is 354 g/mol. The molecule has 0 saturated heterocycles. The molecule has 1 N–H and O–H groups in total. The van der Waals surface area contributed by atoms with Gasteiger partial charge in [-0.25, -0.2) is 5.10 Å². The standard InChI is InChI=1S/C18H18N4O2S/c1-12-5-4-6-14(9-12)17-20-21-18(25)22(17)19-11-13-7-8-15(23-2)16(10-13)24-3/h4-11H,1-3H3,(H,21,25).